The van der Waals surface area contributed by atoms with E-state index in [1.807, 2.05) is 21.3 Å². The molecule has 12 unspecified atom stereocenters. The molecule has 0 bridgehead atoms. The van der Waals surface area contributed by atoms with Gasteiger partial charge in [0.25, 0.3) is 47.3 Å². The number of hydrogen-bond donors (Lipinski definition) is 19. The summed E-state index contributed by atoms with van der Waals surface area (Å²) in [5.74, 6) is -11.9. The minimum Gasteiger partial charge on any atom is -0.390 e. The normalized spacial score (nSPS) is 17.4. The number of carbonyl (C=O) groups is 11. The Morgan fingerprint density at radius 2 is 0.944 bits per heavy atom. The quantitative estimate of drug-likeness (QED) is 0.0159. The van der Waals surface area contributed by atoms with Gasteiger partial charge in [-0.25, -0.2) is 0 Å². The van der Waals surface area contributed by atoms with Crippen molar-refractivity contribution in [2.75, 3.05) is 45.8 Å². The Kier molecular flexibility index (Phi) is 28.3. The van der Waals surface area contributed by atoms with Gasteiger partial charge >= 0.3 is 0 Å². The lowest BCUT2D eigenvalue weighted by Crippen LogP contribution is -2.54. The van der Waals surface area contributed by atoms with E-state index in [2.05, 4.69) is 10.6 Å². The number of nitrogens with two attached hydrogens (primary N) is 1. The van der Waals surface area contributed by atoms with Crippen molar-refractivity contribution < 1.29 is 109 Å². The van der Waals surface area contributed by atoms with Gasteiger partial charge in [-0.2, -0.15) is 0 Å². The molecule has 20 N–H and O–H groups in total. The summed E-state index contributed by atoms with van der Waals surface area (Å²) in [6.07, 6.45) is -18.3. The van der Waals surface area contributed by atoms with Crippen LogP contribution in [0, 0.1) is 0 Å². The SMILES string of the molecule is CC(O)C(O)C(=O)NCC(O)C(O)C(=O)NCC(O)C(=O)C(=O)NCC(O)C(O)C(=O)NCC(O)C(O)C(=O)NCC(O)C(O)C(=O)NC(CCCCNC(=O)CCCCCN1C(=O)C=CC1=O)C(N)=O. The van der Waals surface area contributed by atoms with Crippen LogP contribution in [0.15, 0.2) is 12.2 Å². The van der Waals surface area contributed by atoms with Crippen molar-refractivity contribution in [2.45, 2.75) is 125 Å². The van der Waals surface area contributed by atoms with E-state index >= 15 is 0 Å². The van der Waals surface area contributed by atoms with E-state index in [0.717, 1.165) is 11.8 Å². The van der Waals surface area contributed by atoms with Gasteiger partial charge in [0.05, 0.1) is 12.6 Å². The van der Waals surface area contributed by atoms with E-state index in [0.29, 0.717) is 25.7 Å². The van der Waals surface area contributed by atoms with Crippen LogP contribution in [0.5, 0.6) is 0 Å². The number of imide groups is 1. The molecule has 31 heteroatoms. The van der Waals surface area contributed by atoms with Gasteiger partial charge in [0.1, 0.15) is 36.6 Å². The summed E-state index contributed by atoms with van der Waals surface area (Å²) in [6, 6.07) is -1.32. The molecule has 1 aliphatic rings. The highest BCUT2D eigenvalue weighted by molar-refractivity contribution is 6.37. The van der Waals surface area contributed by atoms with Crippen molar-refractivity contribution >= 4 is 64.9 Å². The van der Waals surface area contributed by atoms with Gasteiger partial charge in [0.2, 0.25) is 17.6 Å². The number of primary amides is 1. The molecular weight excluding hydrogens is 958 g/mol. The smallest absolute Gasteiger partial charge is 0.290 e. The summed E-state index contributed by atoms with van der Waals surface area (Å²) in [6.45, 7) is -3.11. The highest BCUT2D eigenvalue weighted by Gasteiger charge is 2.33. The molecular formula is C40H65N9O22. The molecule has 12 atom stereocenters. The average molecular weight is 1020 g/mol. The number of aliphatic hydroxyl groups is 11. The lowest BCUT2D eigenvalue weighted by atomic mass is 10.1. The fourth-order valence-corrected chi connectivity index (χ4v) is 5.84. The molecule has 0 saturated heterocycles. The van der Waals surface area contributed by atoms with Crippen LogP contribution in [0.4, 0.5) is 0 Å². The standard InChI is InChI=1S/C40H65N9O22/c1-18(50)28(59)35(66)43-13-20(51)29(60)36(67)44-14-21(52)30(61)37(68)45-15-22(53)31(62)38(69)46-16-23(54)32(63)39(70)47-17-24(55)33(64)40(71)48-19(34(41)65)7-4-5-11-42-25(56)8-3-2-6-12-49-26(57)9-10-27(49)58/h9-10,18-24,28-29,31-33,50-55,59-60,62-64H,2-8,11-17H2,1H3,(H2,41,65)(H,42,56)(H,43,66)(H,44,67)(H,45,68)(H,46,69)(H,47,70)(H,48,71). The summed E-state index contributed by atoms with van der Waals surface area (Å²) >= 11 is 0. The minimum absolute atomic E-state index is 0.0277. The largest absolute Gasteiger partial charge is 0.390 e. The highest BCUT2D eigenvalue weighted by Crippen LogP contribution is 2.09. The second kappa shape index (κ2) is 32.0. The number of nitrogens with zero attached hydrogens (tertiary/aromatic N) is 1. The lowest BCUT2D eigenvalue weighted by Gasteiger charge is -2.23. The van der Waals surface area contributed by atoms with E-state index < -0.39 is 153 Å². The molecule has 0 saturated carbocycles. The molecule has 1 heterocycles. The number of rotatable bonds is 35. The van der Waals surface area contributed by atoms with E-state index in [1.165, 1.54) is 12.2 Å². The van der Waals surface area contributed by atoms with Crippen LogP contribution >= 0.6 is 0 Å². The third-order valence-electron chi connectivity index (χ3n) is 10.3. The zero-order valence-corrected chi connectivity index (χ0v) is 38.4. The van der Waals surface area contributed by atoms with E-state index in [9.17, 15) is 109 Å². The van der Waals surface area contributed by atoms with Crippen LogP contribution in [-0.4, -0.2) is 245 Å². The van der Waals surface area contributed by atoms with Crippen molar-refractivity contribution in [2.24, 2.45) is 5.73 Å². The Morgan fingerprint density at radius 3 is 1.39 bits per heavy atom. The van der Waals surface area contributed by atoms with Crippen molar-refractivity contribution in [1.82, 2.24) is 42.1 Å². The molecule has 0 spiro atoms. The second-order valence-corrected chi connectivity index (χ2v) is 16.1. The van der Waals surface area contributed by atoms with Crippen molar-refractivity contribution in [1.29, 1.82) is 0 Å². The van der Waals surface area contributed by atoms with E-state index in [4.69, 9.17) is 5.73 Å². The molecule has 10 amide bonds. The maximum atomic E-state index is 12.5. The Balaban J connectivity index is 2.40. The molecule has 0 radical (unpaired) electrons. The predicted octanol–water partition coefficient (Wildman–Crippen LogP) is -12.1. The molecule has 1 aliphatic heterocycles. The fraction of sp³-hybridized carbons (Fsp3) is 0.675. The van der Waals surface area contributed by atoms with Gasteiger partial charge in [-0.3, -0.25) is 57.6 Å². The van der Waals surface area contributed by atoms with Gasteiger partial charge < -0.3 is 99.1 Å². The first-order valence-electron chi connectivity index (χ1n) is 22.0. The Morgan fingerprint density at radius 1 is 0.521 bits per heavy atom. The van der Waals surface area contributed by atoms with Crippen LogP contribution in [0.1, 0.15) is 51.9 Å². The topological polar surface area (TPSA) is 524 Å². The van der Waals surface area contributed by atoms with Crippen LogP contribution in [0.3, 0.4) is 0 Å². The second-order valence-electron chi connectivity index (χ2n) is 16.1. The monoisotopic (exact) mass is 1020 g/mol. The third-order valence-corrected chi connectivity index (χ3v) is 10.3. The van der Waals surface area contributed by atoms with Gasteiger partial charge in [0.15, 0.2) is 30.5 Å². The maximum Gasteiger partial charge on any atom is 0.290 e. The molecule has 0 aliphatic carbocycles. The van der Waals surface area contributed by atoms with Crippen LogP contribution < -0.4 is 43.0 Å². The van der Waals surface area contributed by atoms with E-state index in [-0.39, 0.29) is 50.1 Å². The first kappa shape index (κ1) is 62.9. The molecule has 0 aromatic heterocycles. The predicted molar refractivity (Wildman–Crippen MR) is 234 cm³/mol. The number of hydrogen-bond acceptors (Lipinski definition) is 22. The third kappa shape index (κ3) is 22.7. The maximum absolute atomic E-state index is 12.5. The van der Waals surface area contributed by atoms with Crippen LogP contribution in [0.2, 0.25) is 0 Å². The summed E-state index contributed by atoms with van der Waals surface area (Å²) < 4.78 is 0. The molecule has 1 rings (SSSR count). The number of carbonyl (C=O) groups excluding carboxylic acids is 11. The molecule has 402 valence electrons. The highest BCUT2D eigenvalue weighted by atomic mass is 16.4. The van der Waals surface area contributed by atoms with Gasteiger partial charge in [-0.15, -0.1) is 0 Å². The molecule has 31 nitrogen and oxygen atoms in total. The number of nitrogens with one attached hydrogen (secondary N) is 7. The fourth-order valence-electron chi connectivity index (χ4n) is 5.84. The van der Waals surface area contributed by atoms with Gasteiger partial charge in [-0.1, -0.05) is 6.42 Å². The Labute approximate surface area is 404 Å². The first-order valence-corrected chi connectivity index (χ1v) is 22.0. The molecule has 0 fully saturated rings. The van der Waals surface area contributed by atoms with Gasteiger partial charge in [-0.05, 0) is 39.0 Å². The van der Waals surface area contributed by atoms with Gasteiger partial charge in [0, 0.05) is 57.8 Å². The lowest BCUT2D eigenvalue weighted by molar-refractivity contribution is -0.144. The van der Waals surface area contributed by atoms with Crippen LogP contribution in [-0.2, 0) is 52.7 Å². The van der Waals surface area contributed by atoms with Crippen molar-refractivity contribution in [3.05, 3.63) is 12.2 Å². The number of amides is 10. The number of aliphatic hydroxyl groups excluding tert-OH is 11. The minimum atomic E-state index is -2.38. The first-order chi connectivity index (χ1) is 33.2. The summed E-state index contributed by atoms with van der Waals surface area (Å²) in [5.41, 5.74) is 5.34. The zero-order chi connectivity index (χ0) is 54.1. The number of unbranched alkanes of at least 4 members (excludes halogenated alkanes) is 3. The average Bonchev–Trinajstić information content (AvgIpc) is 3.66. The Bertz CT molecular complexity index is 1870. The summed E-state index contributed by atoms with van der Waals surface area (Å²) in [4.78, 5) is 134. The number of Topliss-reactive ketones (excluding diaryl/α,β-unsaturated/α-hetero) is 1. The van der Waals surface area contributed by atoms with Crippen molar-refractivity contribution in [3.63, 3.8) is 0 Å². The van der Waals surface area contributed by atoms with Crippen LogP contribution in [0.25, 0.3) is 0 Å². The number of ketones is 1. The van der Waals surface area contributed by atoms with E-state index in [1.54, 1.807) is 5.32 Å². The molecule has 0 aromatic rings. The zero-order valence-electron chi connectivity index (χ0n) is 38.4. The Hall–Kier alpha value is -6.13. The van der Waals surface area contributed by atoms with Crippen molar-refractivity contribution in [3.8, 4) is 0 Å². The summed E-state index contributed by atoms with van der Waals surface area (Å²) in [5, 5.41) is 124. The molecule has 71 heavy (non-hydrogen) atoms. The molecule has 0 aromatic carbocycles. The summed E-state index contributed by atoms with van der Waals surface area (Å²) in [7, 11) is 0.